The molecule has 0 bridgehead atoms. The van der Waals surface area contributed by atoms with Crippen molar-refractivity contribution in [3.05, 3.63) is 52.6 Å². The van der Waals surface area contributed by atoms with Crippen molar-refractivity contribution in [2.75, 3.05) is 31.6 Å². The van der Waals surface area contributed by atoms with Crippen LogP contribution in [0.5, 0.6) is 5.75 Å². The van der Waals surface area contributed by atoms with E-state index in [1.165, 1.54) is 11.3 Å². The fraction of sp³-hybridized carbons (Fsp3) is 0.385. The van der Waals surface area contributed by atoms with Gasteiger partial charge in [0, 0.05) is 67.1 Å². The zero-order valence-electron chi connectivity index (χ0n) is 21.8. The molecule has 40 heavy (non-hydrogen) atoms. The number of halogens is 3. The summed E-state index contributed by atoms with van der Waals surface area (Å²) in [4.78, 5) is 53.8. The number of fused-ring (bicyclic) bond motifs is 1. The summed E-state index contributed by atoms with van der Waals surface area (Å²) in [6, 6.07) is 2.44. The topological polar surface area (TPSA) is 118 Å². The molecule has 0 spiro atoms. The van der Waals surface area contributed by atoms with Crippen LogP contribution in [0.25, 0.3) is 10.6 Å². The van der Waals surface area contributed by atoms with Crippen LogP contribution < -0.4 is 15.0 Å². The molecule has 0 saturated carbocycles. The molecule has 3 aromatic rings. The summed E-state index contributed by atoms with van der Waals surface area (Å²) in [5.41, 5.74) is 1.40. The highest BCUT2D eigenvalue weighted by atomic mass is 32.1. The number of ether oxygens (including phenoxy) is 1. The van der Waals surface area contributed by atoms with Crippen molar-refractivity contribution in [3.63, 3.8) is 0 Å². The number of thiazole rings is 1. The predicted octanol–water partition coefficient (Wildman–Crippen LogP) is 3.62. The average molecular weight is 575 g/mol. The number of aryl methyl sites for hydroxylation is 1. The second-order valence-corrected chi connectivity index (χ2v) is 11.1. The van der Waals surface area contributed by atoms with Crippen molar-refractivity contribution in [1.82, 2.24) is 25.2 Å². The fourth-order valence-electron chi connectivity index (χ4n) is 4.69. The molecule has 2 aromatic heterocycles. The average Bonchev–Trinajstić information content (AvgIpc) is 3.48. The number of benzene rings is 1. The number of amides is 3. The molecule has 3 amide bonds. The van der Waals surface area contributed by atoms with Gasteiger partial charge in [-0.1, -0.05) is 0 Å². The monoisotopic (exact) mass is 574 g/mol. The summed E-state index contributed by atoms with van der Waals surface area (Å²) in [7, 11) is 1.71. The number of nitrogens with zero attached hydrogens (tertiary/aromatic N) is 5. The molecule has 1 saturated heterocycles. The van der Waals surface area contributed by atoms with Crippen LogP contribution in [0.2, 0.25) is 0 Å². The largest absolute Gasteiger partial charge is 0.481 e. The maximum atomic E-state index is 13.4. The van der Waals surface area contributed by atoms with Crippen molar-refractivity contribution in [2.45, 2.75) is 32.5 Å². The lowest BCUT2D eigenvalue weighted by atomic mass is 10.0. The number of nitrogens with one attached hydrogen (secondary N) is 1. The van der Waals surface area contributed by atoms with Crippen LogP contribution in [-0.2, 0) is 15.8 Å². The van der Waals surface area contributed by atoms with Crippen LogP contribution in [0.4, 0.5) is 18.9 Å². The smallest absolute Gasteiger partial charge is 0.451 e. The van der Waals surface area contributed by atoms with Crippen molar-refractivity contribution in [2.24, 2.45) is 5.92 Å². The standard InChI is InChI=1S/C26H25F3N6O4S/c1-13-7-30-24(40-13)18-5-16(23(38)33-14(2)17-8-31-25(32-9-17)26(27,28)29)6-19-22(18)39-12-21(37)35(19)11-15-4-20(36)34(3)10-15/h5-9,14-15H,4,10-12H2,1-3H3,(H,33,38)/t14-,15?/m1/s1. The highest BCUT2D eigenvalue weighted by Crippen LogP contribution is 2.44. The van der Waals surface area contributed by atoms with Crippen LogP contribution in [-0.4, -0.2) is 64.3 Å². The Bertz CT molecular complexity index is 1480. The Morgan fingerprint density at radius 3 is 2.50 bits per heavy atom. The minimum Gasteiger partial charge on any atom is -0.481 e. The van der Waals surface area contributed by atoms with Crippen molar-refractivity contribution in [1.29, 1.82) is 0 Å². The molecule has 210 valence electrons. The molecule has 5 rings (SSSR count). The summed E-state index contributed by atoms with van der Waals surface area (Å²) in [6.07, 6.45) is -0.637. The molecule has 10 nitrogen and oxygen atoms in total. The van der Waals surface area contributed by atoms with Gasteiger partial charge in [-0.3, -0.25) is 14.4 Å². The first-order chi connectivity index (χ1) is 18.9. The lowest BCUT2D eigenvalue weighted by Crippen LogP contribution is -2.42. The van der Waals surface area contributed by atoms with Crippen LogP contribution >= 0.6 is 11.3 Å². The summed E-state index contributed by atoms with van der Waals surface area (Å²) >= 11 is 1.40. The van der Waals surface area contributed by atoms with Crippen LogP contribution in [0.3, 0.4) is 0 Å². The van der Waals surface area contributed by atoms with Crippen LogP contribution in [0.15, 0.2) is 30.7 Å². The van der Waals surface area contributed by atoms with Gasteiger partial charge in [-0.25, -0.2) is 15.0 Å². The second kappa shape index (κ2) is 10.5. The summed E-state index contributed by atoms with van der Waals surface area (Å²) in [6.45, 7) is 4.07. The lowest BCUT2D eigenvalue weighted by molar-refractivity contribution is -0.145. The van der Waals surface area contributed by atoms with E-state index in [9.17, 15) is 27.6 Å². The molecule has 4 heterocycles. The van der Waals surface area contributed by atoms with E-state index in [0.717, 1.165) is 17.3 Å². The van der Waals surface area contributed by atoms with Gasteiger partial charge in [-0.2, -0.15) is 13.2 Å². The van der Waals surface area contributed by atoms with Gasteiger partial charge < -0.3 is 19.9 Å². The van der Waals surface area contributed by atoms with Crippen LogP contribution in [0, 0.1) is 12.8 Å². The maximum Gasteiger partial charge on any atom is 0.451 e. The molecule has 2 atom stereocenters. The minimum absolute atomic E-state index is 0.000700. The summed E-state index contributed by atoms with van der Waals surface area (Å²) in [5.74, 6) is -1.78. The Hall–Kier alpha value is -4.07. The summed E-state index contributed by atoms with van der Waals surface area (Å²) < 4.78 is 44.4. The predicted molar refractivity (Wildman–Crippen MR) is 139 cm³/mol. The molecule has 1 N–H and O–H groups in total. The van der Waals surface area contributed by atoms with Crippen molar-refractivity contribution >= 4 is 34.7 Å². The molecule has 1 fully saturated rings. The second-order valence-electron chi connectivity index (χ2n) is 9.82. The molecule has 0 aliphatic carbocycles. The number of hydrogen-bond acceptors (Lipinski definition) is 8. The molecule has 2 aliphatic rings. The molecule has 0 radical (unpaired) electrons. The zero-order chi connectivity index (χ0) is 28.8. The Morgan fingerprint density at radius 1 is 1.18 bits per heavy atom. The quantitative estimate of drug-likeness (QED) is 0.478. The van der Waals surface area contributed by atoms with Gasteiger partial charge in [0.25, 0.3) is 11.8 Å². The van der Waals surface area contributed by atoms with E-state index >= 15 is 0 Å². The van der Waals surface area contributed by atoms with Gasteiger partial charge in [-0.05, 0) is 26.0 Å². The Kier molecular flexibility index (Phi) is 7.21. The van der Waals surface area contributed by atoms with Gasteiger partial charge >= 0.3 is 6.18 Å². The number of anilines is 1. The third-order valence-corrected chi connectivity index (χ3v) is 7.70. The highest BCUT2D eigenvalue weighted by Gasteiger charge is 2.36. The minimum atomic E-state index is -4.68. The van der Waals surface area contributed by atoms with E-state index in [0.29, 0.717) is 35.0 Å². The Morgan fingerprint density at radius 2 is 1.90 bits per heavy atom. The van der Waals surface area contributed by atoms with E-state index in [1.807, 2.05) is 6.92 Å². The zero-order valence-corrected chi connectivity index (χ0v) is 22.6. The third-order valence-electron chi connectivity index (χ3n) is 6.75. The number of hydrogen-bond donors (Lipinski definition) is 1. The molecular formula is C26H25F3N6O4S. The SMILES string of the molecule is Cc1cnc(-c2cc(C(=O)N[C@H](C)c3cnc(C(F)(F)F)nc3)cc3c2OCC(=O)N3CC2CC(=O)N(C)C2)s1. The van der Waals surface area contributed by atoms with Gasteiger partial charge in [-0.15, -0.1) is 11.3 Å². The van der Waals surface area contributed by atoms with Crippen molar-refractivity contribution < 1.29 is 32.3 Å². The van der Waals surface area contributed by atoms with Gasteiger partial charge in [0.05, 0.1) is 17.3 Å². The highest BCUT2D eigenvalue weighted by molar-refractivity contribution is 7.15. The number of carbonyl (C=O) groups is 3. The lowest BCUT2D eigenvalue weighted by Gasteiger charge is -2.32. The van der Waals surface area contributed by atoms with E-state index < -0.39 is 23.9 Å². The van der Waals surface area contributed by atoms with E-state index in [2.05, 4.69) is 20.3 Å². The number of alkyl halides is 3. The Labute approximate surface area is 231 Å². The van der Waals surface area contributed by atoms with Crippen molar-refractivity contribution in [3.8, 4) is 16.3 Å². The first kappa shape index (κ1) is 27.5. The molecule has 1 unspecified atom stereocenters. The third kappa shape index (κ3) is 5.48. The van der Waals surface area contributed by atoms with E-state index in [1.54, 1.807) is 42.1 Å². The van der Waals surface area contributed by atoms with Gasteiger partial charge in [0.15, 0.2) is 12.4 Å². The number of aromatic nitrogens is 3. The number of rotatable bonds is 6. The van der Waals surface area contributed by atoms with Crippen LogP contribution in [0.1, 0.15) is 46.0 Å². The fourth-order valence-corrected chi connectivity index (χ4v) is 5.47. The number of likely N-dealkylation sites (tertiary alicyclic amines) is 1. The molecule has 14 heteroatoms. The molecule has 1 aromatic carbocycles. The van der Waals surface area contributed by atoms with E-state index in [4.69, 9.17) is 4.74 Å². The first-order valence-electron chi connectivity index (χ1n) is 12.4. The van der Waals surface area contributed by atoms with Gasteiger partial charge in [0.1, 0.15) is 5.01 Å². The maximum absolute atomic E-state index is 13.4. The number of carbonyl (C=O) groups excluding carboxylic acids is 3. The molecule has 2 aliphatic heterocycles. The van der Waals surface area contributed by atoms with Gasteiger partial charge in [0.2, 0.25) is 11.7 Å². The molecular weight excluding hydrogens is 549 g/mol. The normalized spacial score (nSPS) is 18.0. The van der Waals surface area contributed by atoms with E-state index in [-0.39, 0.29) is 42.0 Å². The first-order valence-corrected chi connectivity index (χ1v) is 13.2. The Balaban J connectivity index is 1.48. The summed E-state index contributed by atoms with van der Waals surface area (Å²) in [5, 5.41) is 3.35.